The van der Waals surface area contributed by atoms with Crippen LogP contribution in [0.1, 0.15) is 36.3 Å². The second kappa shape index (κ2) is 11.1. The van der Waals surface area contributed by atoms with Crippen LogP contribution in [0.2, 0.25) is 5.02 Å². The molecule has 0 aliphatic rings. The number of aromatic nitrogens is 3. The SMILES string of the molecule is CC[C@H](c1nnc(SCC(=O)Nc2cc(Cl)ccc2C#N)n1Cc1ccccc1)N(C)C. The van der Waals surface area contributed by atoms with Crippen LogP contribution in [-0.4, -0.2) is 45.4 Å². The van der Waals surface area contributed by atoms with Crippen LogP contribution in [0.15, 0.2) is 53.7 Å². The van der Waals surface area contributed by atoms with E-state index < -0.39 is 0 Å². The molecule has 2 aromatic carbocycles. The molecule has 0 aliphatic carbocycles. The Balaban J connectivity index is 1.80. The molecule has 32 heavy (non-hydrogen) atoms. The predicted octanol–water partition coefficient (Wildman–Crippen LogP) is 4.59. The van der Waals surface area contributed by atoms with E-state index in [4.69, 9.17) is 11.6 Å². The molecule has 1 N–H and O–H groups in total. The van der Waals surface area contributed by atoms with Gasteiger partial charge >= 0.3 is 0 Å². The summed E-state index contributed by atoms with van der Waals surface area (Å²) in [5.41, 5.74) is 1.89. The minimum atomic E-state index is -0.246. The topological polar surface area (TPSA) is 86.8 Å². The molecule has 0 unspecified atom stereocenters. The third kappa shape index (κ3) is 5.88. The number of nitriles is 1. The van der Waals surface area contributed by atoms with E-state index >= 15 is 0 Å². The van der Waals surface area contributed by atoms with E-state index in [1.165, 1.54) is 11.8 Å². The summed E-state index contributed by atoms with van der Waals surface area (Å²) in [7, 11) is 4.04. The highest BCUT2D eigenvalue weighted by atomic mass is 35.5. The maximum absolute atomic E-state index is 12.6. The quantitative estimate of drug-likeness (QED) is 0.462. The zero-order valence-electron chi connectivity index (χ0n) is 18.2. The van der Waals surface area contributed by atoms with Crippen LogP contribution in [0.3, 0.4) is 0 Å². The van der Waals surface area contributed by atoms with Crippen LogP contribution in [0.25, 0.3) is 0 Å². The lowest BCUT2D eigenvalue weighted by Crippen LogP contribution is -2.23. The van der Waals surface area contributed by atoms with E-state index in [1.54, 1.807) is 18.2 Å². The summed E-state index contributed by atoms with van der Waals surface area (Å²) in [6.45, 7) is 2.73. The van der Waals surface area contributed by atoms with E-state index in [2.05, 4.69) is 50.1 Å². The molecule has 0 saturated heterocycles. The van der Waals surface area contributed by atoms with Crippen molar-refractivity contribution in [3.63, 3.8) is 0 Å². The Morgan fingerprint density at radius 3 is 2.66 bits per heavy atom. The minimum Gasteiger partial charge on any atom is -0.324 e. The molecule has 166 valence electrons. The number of halogens is 1. The number of nitrogens with one attached hydrogen (secondary N) is 1. The molecule has 0 bridgehead atoms. The Morgan fingerprint density at radius 1 is 1.25 bits per heavy atom. The highest BCUT2D eigenvalue weighted by molar-refractivity contribution is 7.99. The summed E-state index contributed by atoms with van der Waals surface area (Å²) in [4.78, 5) is 14.7. The second-order valence-electron chi connectivity index (χ2n) is 7.44. The molecule has 3 rings (SSSR count). The number of anilines is 1. The van der Waals surface area contributed by atoms with Gasteiger partial charge < -0.3 is 9.88 Å². The lowest BCUT2D eigenvalue weighted by atomic mass is 10.2. The molecule has 9 heteroatoms. The molecular formula is C23H25ClN6OS. The van der Waals surface area contributed by atoms with Gasteiger partial charge in [-0.1, -0.05) is 60.6 Å². The van der Waals surface area contributed by atoms with Crippen molar-refractivity contribution in [2.45, 2.75) is 31.1 Å². The monoisotopic (exact) mass is 468 g/mol. The van der Waals surface area contributed by atoms with Gasteiger partial charge in [0.15, 0.2) is 11.0 Å². The van der Waals surface area contributed by atoms with Crippen molar-refractivity contribution in [1.29, 1.82) is 5.26 Å². The van der Waals surface area contributed by atoms with Crippen molar-refractivity contribution in [1.82, 2.24) is 19.7 Å². The number of hydrogen-bond donors (Lipinski definition) is 1. The molecule has 1 amide bonds. The van der Waals surface area contributed by atoms with E-state index in [1.807, 2.05) is 32.3 Å². The number of carbonyl (C=O) groups excluding carboxylic acids is 1. The fraction of sp³-hybridized carbons (Fsp3) is 0.304. The molecule has 1 atom stereocenters. The van der Waals surface area contributed by atoms with Crippen LogP contribution in [-0.2, 0) is 11.3 Å². The summed E-state index contributed by atoms with van der Waals surface area (Å²) < 4.78 is 2.07. The van der Waals surface area contributed by atoms with Crippen LogP contribution in [0.5, 0.6) is 0 Å². The zero-order valence-corrected chi connectivity index (χ0v) is 19.8. The fourth-order valence-electron chi connectivity index (χ4n) is 3.38. The van der Waals surface area contributed by atoms with Crippen molar-refractivity contribution in [2.24, 2.45) is 0 Å². The van der Waals surface area contributed by atoms with Gasteiger partial charge in [-0.3, -0.25) is 9.69 Å². The van der Waals surface area contributed by atoms with Gasteiger partial charge in [0.25, 0.3) is 0 Å². The molecular weight excluding hydrogens is 444 g/mol. The van der Waals surface area contributed by atoms with Gasteiger partial charge in [0.1, 0.15) is 6.07 Å². The van der Waals surface area contributed by atoms with Crippen molar-refractivity contribution in [3.8, 4) is 6.07 Å². The average molecular weight is 469 g/mol. The summed E-state index contributed by atoms with van der Waals surface area (Å²) in [5, 5.41) is 22.0. The number of hydrogen-bond acceptors (Lipinski definition) is 6. The van der Waals surface area contributed by atoms with Crippen molar-refractivity contribution in [2.75, 3.05) is 25.2 Å². The molecule has 0 saturated carbocycles. The third-order valence-corrected chi connectivity index (χ3v) is 6.15. The lowest BCUT2D eigenvalue weighted by Gasteiger charge is -2.23. The number of benzene rings is 2. The molecule has 1 aromatic heterocycles. The molecule has 0 fully saturated rings. The Hall–Kier alpha value is -2.86. The first-order valence-electron chi connectivity index (χ1n) is 10.2. The van der Waals surface area contributed by atoms with Gasteiger partial charge in [0.2, 0.25) is 5.91 Å². The van der Waals surface area contributed by atoms with Gasteiger partial charge in [-0.05, 0) is 44.3 Å². The normalized spacial score (nSPS) is 11.9. The smallest absolute Gasteiger partial charge is 0.234 e. The van der Waals surface area contributed by atoms with Crippen molar-refractivity contribution >= 4 is 35.0 Å². The number of rotatable bonds is 9. The Kier molecular flexibility index (Phi) is 8.28. The fourth-order valence-corrected chi connectivity index (χ4v) is 4.30. The minimum absolute atomic E-state index is 0.110. The number of thioether (sulfide) groups is 1. The van der Waals surface area contributed by atoms with E-state index in [0.29, 0.717) is 28.0 Å². The number of amides is 1. The number of carbonyl (C=O) groups is 1. The summed E-state index contributed by atoms with van der Waals surface area (Å²) >= 11 is 7.32. The first-order chi connectivity index (χ1) is 15.4. The number of nitrogens with zero attached hydrogens (tertiary/aromatic N) is 5. The van der Waals surface area contributed by atoms with E-state index in [-0.39, 0.29) is 17.7 Å². The zero-order chi connectivity index (χ0) is 23.1. The maximum Gasteiger partial charge on any atom is 0.234 e. The average Bonchev–Trinajstić information content (AvgIpc) is 3.15. The standard InChI is InChI=1S/C23H25ClN6OS/c1-4-20(29(2)3)22-27-28-23(30(22)14-16-8-6-5-7-9-16)32-15-21(31)26-19-12-18(24)11-10-17(19)13-25/h5-12,20H,4,14-15H2,1-3H3,(H,26,31)/t20-/m1/s1. The Labute approximate surface area is 197 Å². The van der Waals surface area contributed by atoms with Crippen molar-refractivity contribution < 1.29 is 4.79 Å². The van der Waals surface area contributed by atoms with Gasteiger partial charge in [-0.25, -0.2) is 0 Å². The molecule has 0 aliphatic heterocycles. The second-order valence-corrected chi connectivity index (χ2v) is 8.82. The van der Waals surface area contributed by atoms with Crippen LogP contribution < -0.4 is 5.32 Å². The van der Waals surface area contributed by atoms with E-state index in [9.17, 15) is 10.1 Å². The Morgan fingerprint density at radius 2 is 2.00 bits per heavy atom. The molecule has 0 radical (unpaired) electrons. The van der Waals surface area contributed by atoms with E-state index in [0.717, 1.165) is 17.8 Å². The predicted molar refractivity (Wildman–Crippen MR) is 128 cm³/mol. The van der Waals surface area contributed by atoms with Crippen LogP contribution >= 0.6 is 23.4 Å². The van der Waals surface area contributed by atoms with Crippen LogP contribution in [0.4, 0.5) is 5.69 Å². The van der Waals surface area contributed by atoms with Gasteiger partial charge in [0.05, 0.1) is 29.6 Å². The summed E-state index contributed by atoms with van der Waals surface area (Å²) in [6.07, 6.45) is 0.886. The van der Waals surface area contributed by atoms with Gasteiger partial charge in [-0.2, -0.15) is 5.26 Å². The maximum atomic E-state index is 12.6. The molecule has 0 spiro atoms. The largest absolute Gasteiger partial charge is 0.324 e. The lowest BCUT2D eigenvalue weighted by molar-refractivity contribution is -0.113. The van der Waals surface area contributed by atoms with Gasteiger partial charge in [-0.15, -0.1) is 10.2 Å². The van der Waals surface area contributed by atoms with Crippen LogP contribution in [0, 0.1) is 11.3 Å². The first-order valence-corrected chi connectivity index (χ1v) is 11.5. The first kappa shape index (κ1) is 23.8. The molecule has 3 aromatic rings. The Bertz CT molecular complexity index is 1110. The third-order valence-electron chi connectivity index (χ3n) is 4.95. The summed E-state index contributed by atoms with van der Waals surface area (Å²) in [5.74, 6) is 0.748. The summed E-state index contributed by atoms with van der Waals surface area (Å²) in [6, 6.07) is 17.0. The highest BCUT2D eigenvalue weighted by Crippen LogP contribution is 2.27. The molecule has 7 nitrogen and oxygen atoms in total. The highest BCUT2D eigenvalue weighted by Gasteiger charge is 2.22. The van der Waals surface area contributed by atoms with Gasteiger partial charge in [0, 0.05) is 5.02 Å². The van der Waals surface area contributed by atoms with Crippen molar-refractivity contribution in [3.05, 3.63) is 70.5 Å². The molecule has 1 heterocycles.